The normalized spacial score (nSPS) is 10.5. The van der Waals surface area contributed by atoms with Crippen molar-refractivity contribution >= 4 is 16.8 Å². The molecule has 0 saturated heterocycles. The molecule has 0 aliphatic rings. The van der Waals surface area contributed by atoms with Gasteiger partial charge < -0.3 is 15.4 Å². The number of benzene rings is 1. The Hall–Kier alpha value is -3.07. The largest absolute Gasteiger partial charge is 0.507 e. The average Bonchev–Trinajstić information content (AvgIpc) is 2.81. The van der Waals surface area contributed by atoms with Gasteiger partial charge in [-0.05, 0) is 18.2 Å². The maximum absolute atomic E-state index is 9.90. The summed E-state index contributed by atoms with van der Waals surface area (Å²) in [7, 11) is 0. The lowest BCUT2D eigenvalue weighted by Gasteiger charge is -2.02. The Labute approximate surface area is 107 Å². The molecule has 92 valence electrons. The molecule has 2 heterocycles. The number of hydrogen-bond donors (Lipinski definition) is 2. The third-order valence-electron chi connectivity index (χ3n) is 2.74. The molecule has 2 aromatic heterocycles. The first kappa shape index (κ1) is 11.0. The molecule has 0 saturated carbocycles. The number of fused-ring (bicyclic) bond motifs is 1. The van der Waals surface area contributed by atoms with Gasteiger partial charge in [0, 0.05) is 23.5 Å². The van der Waals surface area contributed by atoms with Crippen LogP contribution in [0, 0.1) is 11.3 Å². The third-order valence-corrected chi connectivity index (χ3v) is 2.74. The summed E-state index contributed by atoms with van der Waals surface area (Å²) in [5.41, 5.74) is 7.64. The second-order valence-corrected chi connectivity index (χ2v) is 4.00. The molecule has 6 heteroatoms. The first-order valence-corrected chi connectivity index (χ1v) is 5.43. The van der Waals surface area contributed by atoms with Crippen molar-refractivity contribution < 1.29 is 9.63 Å². The van der Waals surface area contributed by atoms with Gasteiger partial charge in [-0.1, -0.05) is 5.16 Å². The van der Waals surface area contributed by atoms with Crippen molar-refractivity contribution in [3.05, 3.63) is 36.0 Å². The monoisotopic (exact) mass is 252 g/mol. The summed E-state index contributed by atoms with van der Waals surface area (Å²) in [6, 6.07) is 8.33. The van der Waals surface area contributed by atoms with E-state index in [9.17, 15) is 5.11 Å². The van der Waals surface area contributed by atoms with Crippen LogP contribution in [-0.2, 0) is 0 Å². The van der Waals surface area contributed by atoms with Crippen LogP contribution in [0.4, 0.5) is 5.69 Å². The molecule has 0 amide bonds. The van der Waals surface area contributed by atoms with E-state index >= 15 is 0 Å². The van der Waals surface area contributed by atoms with Gasteiger partial charge in [0.15, 0.2) is 0 Å². The Balaban J connectivity index is 2.28. The summed E-state index contributed by atoms with van der Waals surface area (Å²) in [5, 5.41) is 23.2. The highest BCUT2D eigenvalue weighted by Crippen LogP contribution is 2.34. The smallest absolute Gasteiger partial charge is 0.258 e. The lowest BCUT2D eigenvalue weighted by molar-refractivity contribution is 0.448. The van der Waals surface area contributed by atoms with E-state index in [0.29, 0.717) is 33.6 Å². The van der Waals surface area contributed by atoms with Crippen LogP contribution in [-0.4, -0.2) is 15.2 Å². The quantitative estimate of drug-likeness (QED) is 0.641. The maximum Gasteiger partial charge on any atom is 0.258 e. The second kappa shape index (κ2) is 3.99. The van der Waals surface area contributed by atoms with E-state index in [1.54, 1.807) is 18.2 Å². The number of phenolic OH excluding ortho intramolecular Hbond substituents is 1. The Morgan fingerprint density at radius 2 is 2.16 bits per heavy atom. The van der Waals surface area contributed by atoms with Gasteiger partial charge in [0.05, 0.1) is 10.9 Å². The van der Waals surface area contributed by atoms with E-state index in [1.165, 1.54) is 12.3 Å². The molecule has 19 heavy (non-hydrogen) atoms. The number of nitriles is 1. The SMILES string of the molecule is N#Cc1cnc2onc(-c3ccc(N)cc3O)c2c1. The summed E-state index contributed by atoms with van der Waals surface area (Å²) in [6.07, 6.45) is 1.40. The number of anilines is 1. The molecule has 0 spiro atoms. The zero-order chi connectivity index (χ0) is 13.4. The number of nitrogen functional groups attached to an aromatic ring is 1. The van der Waals surface area contributed by atoms with Crippen LogP contribution in [0.25, 0.3) is 22.4 Å². The fourth-order valence-electron chi connectivity index (χ4n) is 1.84. The van der Waals surface area contributed by atoms with Crippen LogP contribution in [0.3, 0.4) is 0 Å². The van der Waals surface area contributed by atoms with Gasteiger partial charge in [-0.25, -0.2) is 4.98 Å². The molecule has 0 atom stereocenters. The van der Waals surface area contributed by atoms with Crippen molar-refractivity contribution in [3.8, 4) is 23.1 Å². The average molecular weight is 252 g/mol. The Bertz CT molecular complexity index is 817. The lowest BCUT2D eigenvalue weighted by atomic mass is 10.1. The maximum atomic E-state index is 9.90. The molecular formula is C13H8N4O2. The Kier molecular flexibility index (Phi) is 2.32. The standard InChI is InChI=1S/C13H8N4O2/c14-5-7-3-10-12(17-19-13(10)16-6-7)9-2-1-8(15)4-11(9)18/h1-4,6,18H,15H2. The molecule has 0 aliphatic heterocycles. The number of hydrogen-bond acceptors (Lipinski definition) is 6. The number of pyridine rings is 1. The summed E-state index contributed by atoms with van der Waals surface area (Å²) < 4.78 is 5.08. The second-order valence-electron chi connectivity index (χ2n) is 4.00. The predicted molar refractivity (Wildman–Crippen MR) is 68.0 cm³/mol. The van der Waals surface area contributed by atoms with Crippen molar-refractivity contribution in [1.82, 2.24) is 10.1 Å². The van der Waals surface area contributed by atoms with Crippen LogP contribution in [0.15, 0.2) is 35.0 Å². The van der Waals surface area contributed by atoms with Crippen molar-refractivity contribution in [2.75, 3.05) is 5.73 Å². The van der Waals surface area contributed by atoms with Gasteiger partial charge in [0.25, 0.3) is 5.71 Å². The molecule has 3 rings (SSSR count). The topological polar surface area (TPSA) is 109 Å². The number of rotatable bonds is 1. The zero-order valence-electron chi connectivity index (χ0n) is 9.66. The van der Waals surface area contributed by atoms with E-state index in [0.717, 1.165) is 0 Å². The van der Waals surface area contributed by atoms with Crippen molar-refractivity contribution in [2.24, 2.45) is 0 Å². The Morgan fingerprint density at radius 1 is 1.32 bits per heavy atom. The highest BCUT2D eigenvalue weighted by atomic mass is 16.5. The molecule has 0 bridgehead atoms. The minimum absolute atomic E-state index is 0.00226. The van der Waals surface area contributed by atoms with Gasteiger partial charge in [-0.3, -0.25) is 0 Å². The summed E-state index contributed by atoms with van der Waals surface area (Å²) >= 11 is 0. The van der Waals surface area contributed by atoms with Crippen molar-refractivity contribution in [3.63, 3.8) is 0 Å². The van der Waals surface area contributed by atoms with Crippen molar-refractivity contribution in [2.45, 2.75) is 0 Å². The summed E-state index contributed by atoms with van der Waals surface area (Å²) in [6.45, 7) is 0. The molecule has 1 aromatic carbocycles. The van der Waals surface area contributed by atoms with Gasteiger partial charge in [0.2, 0.25) is 0 Å². The number of nitrogens with zero attached hydrogens (tertiary/aromatic N) is 3. The number of phenols is 1. The highest BCUT2D eigenvalue weighted by Gasteiger charge is 2.15. The number of aromatic hydroxyl groups is 1. The molecule has 0 fully saturated rings. The van der Waals surface area contributed by atoms with E-state index in [1.807, 2.05) is 6.07 Å². The number of aromatic nitrogens is 2. The minimum Gasteiger partial charge on any atom is -0.507 e. The van der Waals surface area contributed by atoms with E-state index in [-0.39, 0.29) is 5.75 Å². The first-order valence-electron chi connectivity index (χ1n) is 5.43. The molecule has 0 radical (unpaired) electrons. The van der Waals surface area contributed by atoms with E-state index in [4.69, 9.17) is 15.5 Å². The third kappa shape index (κ3) is 1.73. The van der Waals surface area contributed by atoms with Crippen LogP contribution in [0.5, 0.6) is 5.75 Å². The van der Waals surface area contributed by atoms with Crippen molar-refractivity contribution in [1.29, 1.82) is 5.26 Å². The summed E-state index contributed by atoms with van der Waals surface area (Å²) in [4.78, 5) is 3.99. The predicted octanol–water partition coefficient (Wildman–Crippen LogP) is 2.05. The molecule has 0 unspecified atom stereocenters. The first-order chi connectivity index (χ1) is 9.19. The summed E-state index contributed by atoms with van der Waals surface area (Å²) in [5.74, 6) is -0.00226. The van der Waals surface area contributed by atoms with Crippen LogP contribution in [0.1, 0.15) is 5.56 Å². The van der Waals surface area contributed by atoms with E-state index < -0.39 is 0 Å². The van der Waals surface area contributed by atoms with Crippen LogP contribution < -0.4 is 5.73 Å². The van der Waals surface area contributed by atoms with Crippen LogP contribution in [0.2, 0.25) is 0 Å². The van der Waals surface area contributed by atoms with Gasteiger partial charge >= 0.3 is 0 Å². The minimum atomic E-state index is -0.00226. The van der Waals surface area contributed by atoms with Gasteiger partial charge in [0.1, 0.15) is 17.5 Å². The fourth-order valence-corrected chi connectivity index (χ4v) is 1.84. The molecule has 3 N–H and O–H groups in total. The van der Waals surface area contributed by atoms with Gasteiger partial charge in [-0.15, -0.1) is 0 Å². The van der Waals surface area contributed by atoms with Crippen LogP contribution >= 0.6 is 0 Å². The highest BCUT2D eigenvalue weighted by molar-refractivity contribution is 5.92. The number of nitrogens with two attached hydrogens (primary N) is 1. The zero-order valence-corrected chi connectivity index (χ0v) is 9.66. The lowest BCUT2D eigenvalue weighted by Crippen LogP contribution is -1.86. The molecular weight excluding hydrogens is 244 g/mol. The molecule has 3 aromatic rings. The Morgan fingerprint density at radius 3 is 2.89 bits per heavy atom. The fraction of sp³-hybridized carbons (Fsp3) is 0. The van der Waals surface area contributed by atoms with Gasteiger partial charge in [-0.2, -0.15) is 5.26 Å². The van der Waals surface area contributed by atoms with E-state index in [2.05, 4.69) is 10.1 Å². The molecule has 6 nitrogen and oxygen atoms in total. The molecule has 0 aliphatic carbocycles.